The van der Waals surface area contributed by atoms with E-state index in [-0.39, 0.29) is 6.42 Å². The maximum absolute atomic E-state index is 12.2. The standard InChI is InChI=1S/C14H25F3O2/c1-2-3-4-5-6-7-8-9-10-12(13(18)19)11-14(15,16)17/h12H,2-11H2,1H3,(H,18,19). The lowest BCUT2D eigenvalue weighted by Crippen LogP contribution is -2.22. The van der Waals surface area contributed by atoms with E-state index in [0.717, 1.165) is 19.3 Å². The van der Waals surface area contributed by atoms with Crippen molar-refractivity contribution in [3.63, 3.8) is 0 Å². The highest BCUT2D eigenvalue weighted by molar-refractivity contribution is 5.69. The molecule has 0 heterocycles. The van der Waals surface area contributed by atoms with Crippen LogP contribution in [0.25, 0.3) is 0 Å². The highest BCUT2D eigenvalue weighted by atomic mass is 19.4. The first-order valence-corrected chi connectivity index (χ1v) is 7.16. The molecule has 114 valence electrons. The minimum absolute atomic E-state index is 0.129. The smallest absolute Gasteiger partial charge is 0.389 e. The van der Waals surface area contributed by atoms with Crippen LogP contribution >= 0.6 is 0 Å². The molecular formula is C14H25F3O2. The van der Waals surface area contributed by atoms with E-state index in [1.54, 1.807) is 0 Å². The van der Waals surface area contributed by atoms with E-state index < -0.39 is 24.5 Å². The van der Waals surface area contributed by atoms with Gasteiger partial charge in [-0.25, -0.2) is 0 Å². The van der Waals surface area contributed by atoms with Crippen molar-refractivity contribution in [2.75, 3.05) is 0 Å². The Morgan fingerprint density at radius 3 is 1.89 bits per heavy atom. The maximum atomic E-state index is 12.2. The Kier molecular flexibility index (Phi) is 9.70. The third-order valence-corrected chi connectivity index (χ3v) is 3.23. The molecule has 5 heteroatoms. The predicted octanol–water partition coefficient (Wildman–Crippen LogP) is 5.17. The molecule has 2 nitrogen and oxygen atoms in total. The van der Waals surface area contributed by atoms with Gasteiger partial charge in [0.05, 0.1) is 12.3 Å². The number of aliphatic carboxylic acids is 1. The van der Waals surface area contributed by atoms with Gasteiger partial charge in [-0.2, -0.15) is 13.2 Å². The molecule has 19 heavy (non-hydrogen) atoms. The second-order valence-electron chi connectivity index (χ2n) is 5.12. The molecule has 0 saturated carbocycles. The molecule has 1 unspecified atom stereocenters. The summed E-state index contributed by atoms with van der Waals surface area (Å²) >= 11 is 0. The Hall–Kier alpha value is -0.740. The molecule has 0 aliphatic carbocycles. The monoisotopic (exact) mass is 282 g/mol. The first-order chi connectivity index (χ1) is 8.87. The molecule has 0 fully saturated rings. The second-order valence-corrected chi connectivity index (χ2v) is 5.12. The van der Waals surface area contributed by atoms with Gasteiger partial charge in [0.25, 0.3) is 0 Å². The summed E-state index contributed by atoms with van der Waals surface area (Å²) in [5, 5.41) is 8.74. The zero-order valence-electron chi connectivity index (χ0n) is 11.6. The highest BCUT2D eigenvalue weighted by Crippen LogP contribution is 2.28. The van der Waals surface area contributed by atoms with E-state index in [9.17, 15) is 18.0 Å². The fourth-order valence-corrected chi connectivity index (χ4v) is 2.12. The topological polar surface area (TPSA) is 37.3 Å². The molecule has 0 radical (unpaired) electrons. The van der Waals surface area contributed by atoms with Crippen molar-refractivity contribution in [1.82, 2.24) is 0 Å². The minimum atomic E-state index is -4.39. The van der Waals surface area contributed by atoms with Crippen molar-refractivity contribution in [2.24, 2.45) is 5.92 Å². The maximum Gasteiger partial charge on any atom is 0.389 e. The quantitative estimate of drug-likeness (QED) is 0.531. The van der Waals surface area contributed by atoms with E-state index in [1.165, 1.54) is 25.7 Å². The number of hydrogen-bond acceptors (Lipinski definition) is 1. The van der Waals surface area contributed by atoms with Crippen LogP contribution < -0.4 is 0 Å². The Morgan fingerprint density at radius 1 is 1.00 bits per heavy atom. The number of halogens is 3. The lowest BCUT2D eigenvalue weighted by atomic mass is 9.97. The number of carboxylic acid groups (broad SMARTS) is 1. The number of unbranched alkanes of at least 4 members (excludes halogenated alkanes) is 7. The molecule has 0 spiro atoms. The van der Waals surface area contributed by atoms with Gasteiger partial charge in [0.1, 0.15) is 0 Å². The summed E-state index contributed by atoms with van der Waals surface area (Å²) in [6.45, 7) is 2.15. The number of carbonyl (C=O) groups is 1. The summed E-state index contributed by atoms with van der Waals surface area (Å²) in [4.78, 5) is 10.7. The molecule has 1 N–H and O–H groups in total. The van der Waals surface area contributed by atoms with Crippen LogP contribution in [0.1, 0.15) is 71.1 Å². The van der Waals surface area contributed by atoms with Crippen LogP contribution in [0.3, 0.4) is 0 Å². The summed E-state index contributed by atoms with van der Waals surface area (Å²) in [6.07, 6.45) is 2.81. The van der Waals surface area contributed by atoms with Gasteiger partial charge in [-0.05, 0) is 6.42 Å². The van der Waals surface area contributed by atoms with Gasteiger partial charge >= 0.3 is 12.1 Å². The largest absolute Gasteiger partial charge is 0.481 e. The summed E-state index contributed by atoms with van der Waals surface area (Å²) in [7, 11) is 0. The molecule has 0 aliphatic heterocycles. The van der Waals surface area contributed by atoms with Crippen LogP contribution in [0.4, 0.5) is 13.2 Å². The zero-order valence-corrected chi connectivity index (χ0v) is 11.6. The number of rotatable bonds is 11. The Morgan fingerprint density at radius 2 is 1.47 bits per heavy atom. The van der Waals surface area contributed by atoms with Gasteiger partial charge < -0.3 is 5.11 Å². The molecular weight excluding hydrogens is 257 g/mol. The van der Waals surface area contributed by atoms with Crippen molar-refractivity contribution < 1.29 is 23.1 Å². The Balaban J connectivity index is 3.63. The summed E-state index contributed by atoms with van der Waals surface area (Å²) < 4.78 is 36.5. The van der Waals surface area contributed by atoms with Crippen LogP contribution in [-0.2, 0) is 4.79 Å². The van der Waals surface area contributed by atoms with Crippen molar-refractivity contribution in [2.45, 2.75) is 77.3 Å². The predicted molar refractivity (Wildman–Crippen MR) is 69.0 cm³/mol. The van der Waals surface area contributed by atoms with Crippen LogP contribution in [0.15, 0.2) is 0 Å². The first kappa shape index (κ1) is 18.3. The van der Waals surface area contributed by atoms with E-state index >= 15 is 0 Å². The van der Waals surface area contributed by atoms with Gasteiger partial charge in [-0.1, -0.05) is 58.3 Å². The molecule has 0 saturated heterocycles. The van der Waals surface area contributed by atoms with Gasteiger partial charge in [-0.3, -0.25) is 4.79 Å². The second kappa shape index (κ2) is 10.1. The summed E-state index contributed by atoms with van der Waals surface area (Å²) in [5.41, 5.74) is 0. The fourth-order valence-electron chi connectivity index (χ4n) is 2.12. The normalized spacial score (nSPS) is 13.5. The van der Waals surface area contributed by atoms with Crippen LogP contribution in [0.5, 0.6) is 0 Å². The van der Waals surface area contributed by atoms with E-state index in [2.05, 4.69) is 6.92 Å². The Bertz CT molecular complexity index is 239. The summed E-state index contributed by atoms with van der Waals surface area (Å²) in [5.74, 6) is -2.61. The van der Waals surface area contributed by atoms with Crippen molar-refractivity contribution in [3.8, 4) is 0 Å². The lowest BCUT2D eigenvalue weighted by Gasteiger charge is -2.14. The molecule has 0 aromatic carbocycles. The molecule has 0 aliphatic rings. The van der Waals surface area contributed by atoms with Gasteiger partial charge in [-0.15, -0.1) is 0 Å². The van der Waals surface area contributed by atoms with E-state index in [0.29, 0.717) is 6.42 Å². The van der Waals surface area contributed by atoms with Crippen LogP contribution in [0, 0.1) is 5.92 Å². The third kappa shape index (κ3) is 12.1. The minimum Gasteiger partial charge on any atom is -0.481 e. The van der Waals surface area contributed by atoms with E-state index in [4.69, 9.17) is 5.11 Å². The highest BCUT2D eigenvalue weighted by Gasteiger charge is 2.34. The molecule has 0 aromatic heterocycles. The van der Waals surface area contributed by atoms with Gasteiger partial charge in [0.2, 0.25) is 0 Å². The van der Waals surface area contributed by atoms with Gasteiger partial charge in [0.15, 0.2) is 0 Å². The Labute approximate surface area is 113 Å². The third-order valence-electron chi connectivity index (χ3n) is 3.23. The van der Waals surface area contributed by atoms with Crippen molar-refractivity contribution in [3.05, 3.63) is 0 Å². The first-order valence-electron chi connectivity index (χ1n) is 7.16. The average molecular weight is 282 g/mol. The average Bonchev–Trinajstić information content (AvgIpc) is 2.29. The van der Waals surface area contributed by atoms with Crippen LogP contribution in [-0.4, -0.2) is 17.3 Å². The zero-order chi connectivity index (χ0) is 14.7. The number of alkyl halides is 3. The fraction of sp³-hybridized carbons (Fsp3) is 0.929. The number of carboxylic acids is 1. The molecule has 0 amide bonds. The van der Waals surface area contributed by atoms with Crippen molar-refractivity contribution in [1.29, 1.82) is 0 Å². The molecule has 0 rings (SSSR count). The van der Waals surface area contributed by atoms with Crippen molar-refractivity contribution >= 4 is 5.97 Å². The molecule has 1 atom stereocenters. The SMILES string of the molecule is CCCCCCCCCCC(CC(F)(F)F)C(=O)O. The molecule has 0 aromatic rings. The van der Waals surface area contributed by atoms with Gasteiger partial charge in [0, 0.05) is 0 Å². The van der Waals surface area contributed by atoms with Crippen LogP contribution in [0.2, 0.25) is 0 Å². The van der Waals surface area contributed by atoms with E-state index in [1.807, 2.05) is 0 Å². The lowest BCUT2D eigenvalue weighted by molar-refractivity contribution is -0.164. The molecule has 0 bridgehead atoms. The number of hydrogen-bond donors (Lipinski definition) is 1. The summed E-state index contributed by atoms with van der Waals surface area (Å²) in [6, 6.07) is 0.